The lowest BCUT2D eigenvalue weighted by Crippen LogP contribution is -2.38. The van der Waals surface area contributed by atoms with Crippen LogP contribution in [0.25, 0.3) is 0 Å². The molecule has 1 rings (SSSR count). The second-order valence-corrected chi connectivity index (χ2v) is 5.08. The molecule has 0 unspecified atom stereocenters. The fraction of sp³-hybridized carbons (Fsp3) is 0.529. The Kier molecular flexibility index (Phi) is 10.2. The molecule has 7 heteroatoms. The Balaban J connectivity index is 2.35. The Hall–Kier alpha value is -2.15. The van der Waals surface area contributed by atoms with Gasteiger partial charge >= 0.3 is 0 Å². The lowest BCUT2D eigenvalue weighted by molar-refractivity contribution is -0.114. The van der Waals surface area contributed by atoms with Gasteiger partial charge in [0.25, 0.3) is 0 Å². The number of carbonyl (C=O) groups excluding carboxylic acids is 1. The van der Waals surface area contributed by atoms with Gasteiger partial charge in [-0.2, -0.15) is 0 Å². The molecule has 0 aliphatic rings. The number of benzene rings is 1. The number of halogens is 1. The van der Waals surface area contributed by atoms with Gasteiger partial charge in [0.1, 0.15) is 12.4 Å². The average molecular weight is 338 g/mol. The van der Waals surface area contributed by atoms with Gasteiger partial charge < -0.3 is 20.7 Å². The predicted molar refractivity (Wildman–Crippen MR) is 94.7 cm³/mol. The van der Waals surface area contributed by atoms with E-state index in [4.69, 9.17) is 4.74 Å². The predicted octanol–water partition coefficient (Wildman–Crippen LogP) is 2.14. The Morgan fingerprint density at radius 1 is 1.17 bits per heavy atom. The van der Waals surface area contributed by atoms with Crippen molar-refractivity contribution in [3.05, 3.63) is 30.1 Å². The minimum atomic E-state index is -0.339. The van der Waals surface area contributed by atoms with Crippen LogP contribution < -0.4 is 16.0 Å². The van der Waals surface area contributed by atoms with Crippen LogP contribution in [0.3, 0.4) is 0 Å². The Morgan fingerprint density at radius 3 is 2.58 bits per heavy atom. The molecule has 0 fully saturated rings. The van der Waals surface area contributed by atoms with Crippen LogP contribution in [0.5, 0.6) is 0 Å². The number of hydrogen-bond acceptors (Lipinski definition) is 3. The number of guanidine groups is 1. The maximum Gasteiger partial charge on any atom is 0.246 e. The second-order valence-electron chi connectivity index (χ2n) is 5.08. The molecule has 0 saturated carbocycles. The van der Waals surface area contributed by atoms with Crippen molar-refractivity contribution >= 4 is 17.6 Å². The summed E-state index contributed by atoms with van der Waals surface area (Å²) in [5.74, 6) is 0.00677. The lowest BCUT2D eigenvalue weighted by Gasteiger charge is -2.11. The summed E-state index contributed by atoms with van der Waals surface area (Å²) in [5.41, 5.74) is 0.547. The van der Waals surface area contributed by atoms with Crippen LogP contribution in [0, 0.1) is 5.82 Å². The van der Waals surface area contributed by atoms with Crippen LogP contribution in [-0.4, -0.2) is 44.7 Å². The van der Waals surface area contributed by atoms with E-state index in [0.717, 1.165) is 32.6 Å². The number of nitrogens with zero attached hydrogens (tertiary/aromatic N) is 1. The summed E-state index contributed by atoms with van der Waals surface area (Å²) >= 11 is 0. The molecule has 24 heavy (non-hydrogen) atoms. The van der Waals surface area contributed by atoms with Gasteiger partial charge in [0, 0.05) is 32.0 Å². The highest BCUT2D eigenvalue weighted by atomic mass is 19.1. The summed E-state index contributed by atoms with van der Waals surface area (Å²) in [7, 11) is 0. The molecule has 0 atom stereocenters. The molecule has 134 valence electrons. The molecule has 6 nitrogen and oxygen atoms in total. The van der Waals surface area contributed by atoms with E-state index in [-0.39, 0.29) is 18.3 Å². The number of rotatable bonds is 10. The summed E-state index contributed by atoms with van der Waals surface area (Å²) < 4.78 is 18.1. The number of hydrogen-bond donors (Lipinski definition) is 3. The standard InChI is InChI=1S/C17H27FN4O2/c1-3-19-17(20-11-5-6-12-24-4-2)21-13-16(23)22-15-9-7-14(18)8-10-15/h7-10H,3-6,11-13H2,1-2H3,(H,22,23)(H2,19,20,21). The van der Waals surface area contributed by atoms with Crippen LogP contribution >= 0.6 is 0 Å². The van der Waals surface area contributed by atoms with Crippen LogP contribution in [0.1, 0.15) is 26.7 Å². The Labute approximate surface area is 142 Å². The fourth-order valence-electron chi connectivity index (χ4n) is 1.91. The molecule has 0 bridgehead atoms. The zero-order valence-electron chi connectivity index (χ0n) is 14.4. The maximum atomic E-state index is 12.8. The molecule has 1 aromatic rings. The number of ether oxygens (including phenoxy) is 1. The van der Waals surface area contributed by atoms with E-state index in [0.29, 0.717) is 18.2 Å². The maximum absolute atomic E-state index is 12.8. The third-order valence-electron chi connectivity index (χ3n) is 3.06. The monoisotopic (exact) mass is 338 g/mol. The first kappa shape index (κ1) is 19.9. The van der Waals surface area contributed by atoms with E-state index >= 15 is 0 Å². The smallest absolute Gasteiger partial charge is 0.246 e. The highest BCUT2D eigenvalue weighted by Gasteiger charge is 2.03. The molecule has 1 amide bonds. The molecule has 0 saturated heterocycles. The van der Waals surface area contributed by atoms with Gasteiger partial charge in [-0.15, -0.1) is 0 Å². The number of aliphatic imine (C=N–C) groups is 1. The first-order valence-electron chi connectivity index (χ1n) is 8.31. The van der Waals surface area contributed by atoms with Crippen molar-refractivity contribution in [3.8, 4) is 0 Å². The molecule has 0 heterocycles. The van der Waals surface area contributed by atoms with Gasteiger partial charge in [0.2, 0.25) is 5.91 Å². The van der Waals surface area contributed by atoms with E-state index in [1.54, 1.807) is 0 Å². The van der Waals surface area contributed by atoms with Crippen molar-refractivity contribution in [2.24, 2.45) is 4.99 Å². The average Bonchev–Trinajstić information content (AvgIpc) is 2.57. The van der Waals surface area contributed by atoms with Crippen LogP contribution in [0.4, 0.5) is 10.1 Å². The third kappa shape index (κ3) is 9.09. The molecule has 3 N–H and O–H groups in total. The molecule has 0 aliphatic carbocycles. The minimum Gasteiger partial charge on any atom is -0.382 e. The van der Waals surface area contributed by atoms with Gasteiger partial charge in [-0.25, -0.2) is 9.38 Å². The van der Waals surface area contributed by atoms with E-state index in [1.165, 1.54) is 24.3 Å². The summed E-state index contributed by atoms with van der Waals surface area (Å²) in [4.78, 5) is 16.1. The second kappa shape index (κ2) is 12.3. The summed E-state index contributed by atoms with van der Waals surface area (Å²) in [6.45, 7) is 6.90. The third-order valence-corrected chi connectivity index (χ3v) is 3.06. The molecular formula is C17H27FN4O2. The largest absolute Gasteiger partial charge is 0.382 e. The van der Waals surface area contributed by atoms with E-state index in [9.17, 15) is 9.18 Å². The molecule has 0 aliphatic heterocycles. The first-order chi connectivity index (χ1) is 11.7. The number of amides is 1. The molecule has 0 aromatic heterocycles. The van der Waals surface area contributed by atoms with E-state index in [2.05, 4.69) is 20.9 Å². The van der Waals surface area contributed by atoms with Crippen LogP contribution in [0.15, 0.2) is 29.3 Å². The summed E-state index contributed by atoms with van der Waals surface area (Å²) in [6.07, 6.45) is 1.94. The van der Waals surface area contributed by atoms with Crippen LogP contribution in [-0.2, 0) is 9.53 Å². The Bertz CT molecular complexity index is 506. The first-order valence-corrected chi connectivity index (χ1v) is 8.31. The SMILES string of the molecule is CCNC(=NCC(=O)Nc1ccc(F)cc1)NCCCCOCC. The number of anilines is 1. The Morgan fingerprint density at radius 2 is 1.92 bits per heavy atom. The van der Waals surface area contributed by atoms with Crippen molar-refractivity contribution in [3.63, 3.8) is 0 Å². The van der Waals surface area contributed by atoms with Gasteiger partial charge in [-0.1, -0.05) is 0 Å². The molecular weight excluding hydrogens is 311 g/mol. The lowest BCUT2D eigenvalue weighted by atomic mass is 10.3. The van der Waals surface area contributed by atoms with Gasteiger partial charge in [0.05, 0.1) is 0 Å². The zero-order valence-corrected chi connectivity index (χ0v) is 14.4. The zero-order chi connectivity index (χ0) is 17.6. The van der Waals surface area contributed by atoms with Crippen molar-refractivity contribution < 1.29 is 13.9 Å². The highest BCUT2D eigenvalue weighted by molar-refractivity contribution is 5.94. The number of carbonyl (C=O) groups is 1. The van der Waals surface area contributed by atoms with Gasteiger partial charge in [-0.05, 0) is 51.0 Å². The minimum absolute atomic E-state index is 0.00828. The normalized spacial score (nSPS) is 11.2. The quantitative estimate of drug-likeness (QED) is 0.347. The van der Waals surface area contributed by atoms with Crippen LogP contribution in [0.2, 0.25) is 0 Å². The fourth-order valence-corrected chi connectivity index (χ4v) is 1.91. The topological polar surface area (TPSA) is 74.8 Å². The number of nitrogens with one attached hydrogen (secondary N) is 3. The van der Waals surface area contributed by atoms with Gasteiger partial charge in [-0.3, -0.25) is 4.79 Å². The molecule has 0 radical (unpaired) electrons. The number of unbranched alkanes of at least 4 members (excludes halogenated alkanes) is 1. The summed E-state index contributed by atoms with van der Waals surface area (Å²) in [5, 5.41) is 8.94. The van der Waals surface area contributed by atoms with Crippen molar-refractivity contribution in [2.75, 3.05) is 38.2 Å². The van der Waals surface area contributed by atoms with Crippen molar-refractivity contribution in [1.82, 2.24) is 10.6 Å². The van der Waals surface area contributed by atoms with Crippen molar-refractivity contribution in [2.45, 2.75) is 26.7 Å². The van der Waals surface area contributed by atoms with Crippen molar-refractivity contribution in [1.29, 1.82) is 0 Å². The van der Waals surface area contributed by atoms with E-state index < -0.39 is 0 Å². The summed E-state index contributed by atoms with van der Waals surface area (Å²) in [6, 6.07) is 5.62. The molecule has 0 spiro atoms. The van der Waals surface area contributed by atoms with Gasteiger partial charge in [0.15, 0.2) is 5.96 Å². The highest BCUT2D eigenvalue weighted by Crippen LogP contribution is 2.07. The molecule has 1 aromatic carbocycles. The van der Waals surface area contributed by atoms with E-state index in [1.807, 2.05) is 13.8 Å².